The molecule has 1 N–H and O–H groups in total. The van der Waals surface area contributed by atoms with E-state index in [1.165, 1.54) is 12.8 Å². The van der Waals surface area contributed by atoms with Crippen LogP contribution in [0.5, 0.6) is 0 Å². The summed E-state index contributed by atoms with van der Waals surface area (Å²) in [6, 6.07) is 0.242. The van der Waals surface area contributed by atoms with Crippen molar-refractivity contribution in [3.05, 3.63) is 0 Å². The molecule has 0 radical (unpaired) electrons. The number of likely N-dealkylation sites (tertiary alicyclic amines) is 1. The lowest BCUT2D eigenvalue weighted by Crippen LogP contribution is -2.49. The highest BCUT2D eigenvalue weighted by Crippen LogP contribution is 2.25. The monoisotopic (exact) mass is 294 g/mol. The Kier molecular flexibility index (Phi) is 4.78. The molecule has 1 saturated carbocycles. The molecular weight excluding hydrogens is 268 g/mol. The maximum Gasteiger partial charge on any atom is 0.251 e. The fourth-order valence-electron chi connectivity index (χ4n) is 3.73. The third-order valence-corrected chi connectivity index (χ3v) is 5.08. The topological polar surface area (TPSA) is 58.6 Å². The van der Waals surface area contributed by atoms with E-state index >= 15 is 0 Å². The fourth-order valence-corrected chi connectivity index (χ4v) is 3.73. The molecule has 2 amide bonds. The molecule has 1 unspecified atom stereocenters. The molecule has 2 heterocycles. The summed E-state index contributed by atoms with van der Waals surface area (Å²) in [6.07, 6.45) is 7.84. The van der Waals surface area contributed by atoms with Crippen molar-refractivity contribution in [2.75, 3.05) is 19.7 Å². The normalized spacial score (nSPS) is 28.0. The van der Waals surface area contributed by atoms with E-state index in [0.29, 0.717) is 6.61 Å². The molecule has 3 fully saturated rings. The predicted molar refractivity (Wildman–Crippen MR) is 78.7 cm³/mol. The van der Waals surface area contributed by atoms with Gasteiger partial charge in [0.2, 0.25) is 5.91 Å². The average Bonchev–Trinajstić information content (AvgIpc) is 3.20. The lowest BCUT2D eigenvalue weighted by atomic mass is 10.0. The zero-order valence-corrected chi connectivity index (χ0v) is 12.7. The summed E-state index contributed by atoms with van der Waals surface area (Å²) >= 11 is 0. The number of rotatable bonds is 3. The Labute approximate surface area is 126 Å². The molecule has 1 atom stereocenters. The van der Waals surface area contributed by atoms with Crippen LogP contribution in [0.3, 0.4) is 0 Å². The first-order chi connectivity index (χ1) is 10.2. The molecule has 5 nitrogen and oxygen atoms in total. The molecule has 118 valence electrons. The molecule has 1 aliphatic carbocycles. The maximum absolute atomic E-state index is 12.3. The summed E-state index contributed by atoms with van der Waals surface area (Å²) in [7, 11) is 0. The van der Waals surface area contributed by atoms with Gasteiger partial charge in [-0.2, -0.15) is 0 Å². The molecule has 3 rings (SSSR count). The minimum atomic E-state index is -0.213. The summed E-state index contributed by atoms with van der Waals surface area (Å²) in [6.45, 7) is 2.20. The van der Waals surface area contributed by atoms with E-state index < -0.39 is 0 Å². The third kappa shape index (κ3) is 3.57. The van der Waals surface area contributed by atoms with Crippen molar-refractivity contribution in [2.24, 2.45) is 5.92 Å². The Hall–Kier alpha value is -1.10. The Morgan fingerprint density at radius 2 is 1.67 bits per heavy atom. The molecule has 0 aromatic carbocycles. The first kappa shape index (κ1) is 14.8. The van der Waals surface area contributed by atoms with E-state index in [1.54, 1.807) is 0 Å². The molecule has 2 saturated heterocycles. The highest BCUT2D eigenvalue weighted by molar-refractivity contribution is 5.81. The number of hydrogen-bond acceptors (Lipinski definition) is 3. The molecule has 0 aromatic heterocycles. The number of carbonyl (C=O) groups excluding carboxylic acids is 2. The SMILES string of the molecule is O=C(NC1CCN(C(=O)C2CCCO2)CC1)C1CCCC1. The minimum Gasteiger partial charge on any atom is -0.368 e. The van der Waals surface area contributed by atoms with Gasteiger partial charge in [-0.25, -0.2) is 0 Å². The van der Waals surface area contributed by atoms with Crippen molar-refractivity contribution in [1.29, 1.82) is 0 Å². The van der Waals surface area contributed by atoms with Gasteiger partial charge in [-0.15, -0.1) is 0 Å². The molecule has 3 aliphatic rings. The Morgan fingerprint density at radius 3 is 2.29 bits per heavy atom. The van der Waals surface area contributed by atoms with Crippen LogP contribution in [-0.2, 0) is 14.3 Å². The summed E-state index contributed by atoms with van der Waals surface area (Å²) in [5.41, 5.74) is 0. The van der Waals surface area contributed by atoms with Gasteiger partial charge in [0, 0.05) is 31.7 Å². The van der Waals surface area contributed by atoms with Crippen molar-refractivity contribution in [2.45, 2.75) is 63.5 Å². The Bertz CT molecular complexity index is 379. The lowest BCUT2D eigenvalue weighted by molar-refractivity contribution is -0.142. The van der Waals surface area contributed by atoms with Crippen molar-refractivity contribution in [3.63, 3.8) is 0 Å². The average molecular weight is 294 g/mol. The van der Waals surface area contributed by atoms with Crippen LogP contribution in [0, 0.1) is 5.92 Å². The molecule has 0 aromatic rings. The van der Waals surface area contributed by atoms with Gasteiger partial charge in [-0.3, -0.25) is 9.59 Å². The molecule has 21 heavy (non-hydrogen) atoms. The van der Waals surface area contributed by atoms with Crippen molar-refractivity contribution in [1.82, 2.24) is 10.2 Å². The number of hydrogen-bond donors (Lipinski definition) is 1. The first-order valence-electron chi connectivity index (χ1n) is 8.45. The van der Waals surface area contributed by atoms with Gasteiger partial charge >= 0.3 is 0 Å². The summed E-state index contributed by atoms with van der Waals surface area (Å²) < 4.78 is 5.47. The summed E-state index contributed by atoms with van der Waals surface area (Å²) in [5.74, 6) is 0.612. The molecule has 2 aliphatic heterocycles. The zero-order chi connectivity index (χ0) is 14.7. The highest BCUT2D eigenvalue weighted by Gasteiger charge is 2.32. The van der Waals surface area contributed by atoms with Crippen LogP contribution in [0.15, 0.2) is 0 Å². The van der Waals surface area contributed by atoms with Crippen LogP contribution in [-0.4, -0.2) is 48.6 Å². The van der Waals surface area contributed by atoms with Gasteiger partial charge in [0.05, 0.1) is 0 Å². The van der Waals surface area contributed by atoms with E-state index in [0.717, 1.165) is 51.6 Å². The smallest absolute Gasteiger partial charge is 0.251 e. The highest BCUT2D eigenvalue weighted by atomic mass is 16.5. The second-order valence-corrected chi connectivity index (χ2v) is 6.59. The number of nitrogens with zero attached hydrogens (tertiary/aromatic N) is 1. The van der Waals surface area contributed by atoms with Crippen LogP contribution in [0.2, 0.25) is 0 Å². The molecule has 0 bridgehead atoms. The molecular formula is C16H26N2O3. The van der Waals surface area contributed by atoms with Gasteiger partial charge in [-0.05, 0) is 38.5 Å². The van der Waals surface area contributed by atoms with Crippen LogP contribution in [0.4, 0.5) is 0 Å². The molecule has 5 heteroatoms. The number of ether oxygens (including phenoxy) is 1. The van der Waals surface area contributed by atoms with Crippen molar-refractivity contribution >= 4 is 11.8 Å². The number of nitrogens with one attached hydrogen (secondary N) is 1. The number of carbonyl (C=O) groups is 2. The van der Waals surface area contributed by atoms with E-state index in [4.69, 9.17) is 4.74 Å². The third-order valence-electron chi connectivity index (χ3n) is 5.08. The van der Waals surface area contributed by atoms with Gasteiger partial charge < -0.3 is 15.0 Å². The second-order valence-electron chi connectivity index (χ2n) is 6.59. The second kappa shape index (κ2) is 6.77. The summed E-state index contributed by atoms with van der Waals surface area (Å²) in [5, 5.41) is 3.18. The fraction of sp³-hybridized carbons (Fsp3) is 0.875. The Morgan fingerprint density at radius 1 is 0.952 bits per heavy atom. The van der Waals surface area contributed by atoms with Crippen molar-refractivity contribution in [3.8, 4) is 0 Å². The van der Waals surface area contributed by atoms with E-state index in [1.807, 2.05) is 4.90 Å². The summed E-state index contributed by atoms with van der Waals surface area (Å²) in [4.78, 5) is 26.3. The van der Waals surface area contributed by atoms with Gasteiger partial charge in [-0.1, -0.05) is 12.8 Å². The van der Waals surface area contributed by atoms with Gasteiger partial charge in [0.25, 0.3) is 5.91 Å². The minimum absolute atomic E-state index is 0.146. The van der Waals surface area contributed by atoms with Crippen LogP contribution >= 0.6 is 0 Å². The van der Waals surface area contributed by atoms with Crippen LogP contribution in [0.25, 0.3) is 0 Å². The van der Waals surface area contributed by atoms with Crippen LogP contribution in [0.1, 0.15) is 51.4 Å². The standard InChI is InChI=1S/C16H26N2O3/c19-15(12-4-1-2-5-12)17-13-7-9-18(10-8-13)16(20)14-6-3-11-21-14/h12-14H,1-11H2,(H,17,19). The van der Waals surface area contributed by atoms with Crippen molar-refractivity contribution < 1.29 is 14.3 Å². The zero-order valence-electron chi connectivity index (χ0n) is 12.7. The van der Waals surface area contributed by atoms with E-state index in [-0.39, 0.29) is 29.9 Å². The van der Waals surface area contributed by atoms with Crippen LogP contribution < -0.4 is 5.32 Å². The quantitative estimate of drug-likeness (QED) is 0.857. The van der Waals surface area contributed by atoms with Gasteiger partial charge in [0.15, 0.2) is 0 Å². The number of amides is 2. The first-order valence-corrected chi connectivity index (χ1v) is 8.45. The van der Waals surface area contributed by atoms with Gasteiger partial charge in [0.1, 0.15) is 6.10 Å². The lowest BCUT2D eigenvalue weighted by Gasteiger charge is -2.34. The molecule has 0 spiro atoms. The maximum atomic E-state index is 12.3. The Balaban J connectivity index is 1.42. The number of piperidine rings is 1. The van der Waals surface area contributed by atoms with E-state index in [2.05, 4.69) is 5.32 Å². The van der Waals surface area contributed by atoms with E-state index in [9.17, 15) is 9.59 Å². The largest absolute Gasteiger partial charge is 0.368 e. The predicted octanol–water partition coefficient (Wildman–Crippen LogP) is 1.46.